The third-order valence-corrected chi connectivity index (χ3v) is 12.0. The SMILES string of the molecule is CN1C=CN(c2[c-]c(C3(c4ccccc4)c4[c-]c(N5[CH-]N(C)c6ccccc65)ccc4-n4c5ccc(C(C)(C)C)cc5c5cccc3c54)cc(C(C)(C)C)c2)[CH-]1.[Pt+4]. The topological polar surface area (TPSA) is 17.9 Å². The van der Waals surface area contributed by atoms with Gasteiger partial charge in [-0.3, -0.25) is 0 Å². The third kappa shape index (κ3) is 5.60. The molecule has 0 fully saturated rings. The van der Waals surface area contributed by atoms with Crippen molar-refractivity contribution in [1.82, 2.24) is 9.47 Å². The summed E-state index contributed by atoms with van der Waals surface area (Å²) >= 11 is 0. The number of hydrogen-bond donors (Lipinski definition) is 0. The third-order valence-electron chi connectivity index (χ3n) is 12.0. The molecule has 7 aromatic rings. The van der Waals surface area contributed by atoms with Crippen LogP contribution in [0.2, 0.25) is 0 Å². The zero-order valence-corrected chi connectivity index (χ0v) is 36.1. The van der Waals surface area contributed by atoms with Crippen LogP contribution < -0.4 is 14.7 Å². The Morgan fingerprint density at radius 3 is 2.05 bits per heavy atom. The largest absolute Gasteiger partial charge is 4.00 e. The Bertz CT molecular complexity index is 2730. The fraction of sp³-hybridized carbons (Fsp3) is 0.216. The van der Waals surface area contributed by atoms with E-state index in [1.54, 1.807) is 0 Å². The van der Waals surface area contributed by atoms with E-state index in [2.05, 4.69) is 233 Å². The van der Waals surface area contributed by atoms with Crippen LogP contribution in [-0.2, 0) is 37.3 Å². The van der Waals surface area contributed by atoms with Crippen LogP contribution in [0.5, 0.6) is 0 Å². The average molecular weight is 925 g/mol. The Balaban J connectivity index is 0.00000422. The molecule has 1 unspecified atom stereocenters. The first-order valence-electron chi connectivity index (χ1n) is 19.6. The van der Waals surface area contributed by atoms with E-state index in [9.17, 15) is 0 Å². The van der Waals surface area contributed by atoms with Gasteiger partial charge in [0.1, 0.15) is 0 Å². The van der Waals surface area contributed by atoms with Crippen molar-refractivity contribution >= 4 is 44.6 Å². The maximum absolute atomic E-state index is 4.17. The monoisotopic (exact) mass is 924 g/mol. The maximum Gasteiger partial charge on any atom is 4.00 e. The van der Waals surface area contributed by atoms with Crippen LogP contribution in [0.4, 0.5) is 22.7 Å². The molecule has 3 aliphatic rings. The molecule has 5 nitrogen and oxygen atoms in total. The summed E-state index contributed by atoms with van der Waals surface area (Å²) in [6.07, 6.45) is 4.21. The minimum Gasteiger partial charge on any atom is -0.510 e. The van der Waals surface area contributed by atoms with Gasteiger partial charge in [0.15, 0.2) is 0 Å². The standard InChI is InChI=1S/C51H47N5.Pt/c1-49(2,3)35-21-23-44-41(30-35)40-17-14-18-42-48(40)56(44)45-24-22-38(55-33-53(8)46-19-12-13-20-47(46)55)31-43(45)51(42,34-15-10-9-11-16-34)37-27-36(50(4,5)6)28-39(29-37)54-26-25-52(7)32-54;/h9-28,30,32-33H,1-8H3;/q-4;+4. The van der Waals surface area contributed by atoms with Crippen molar-refractivity contribution < 1.29 is 21.1 Å². The molecule has 0 aliphatic carbocycles. The Morgan fingerprint density at radius 2 is 1.33 bits per heavy atom. The Morgan fingerprint density at radius 1 is 0.596 bits per heavy atom. The summed E-state index contributed by atoms with van der Waals surface area (Å²) in [6, 6.07) is 51.3. The molecule has 0 spiro atoms. The molecule has 3 aliphatic heterocycles. The summed E-state index contributed by atoms with van der Waals surface area (Å²) in [4.78, 5) is 8.76. The number of nitrogens with zero attached hydrogens (tertiary/aromatic N) is 5. The van der Waals surface area contributed by atoms with Crippen LogP contribution in [-0.4, -0.2) is 23.6 Å². The van der Waals surface area contributed by atoms with Crippen LogP contribution >= 0.6 is 0 Å². The van der Waals surface area contributed by atoms with Gasteiger partial charge in [0, 0.05) is 38.6 Å². The summed E-state index contributed by atoms with van der Waals surface area (Å²) in [6.45, 7) is 18.1. The van der Waals surface area contributed by atoms with Gasteiger partial charge in [-0.1, -0.05) is 114 Å². The molecule has 1 aromatic heterocycles. The molecule has 1 atom stereocenters. The molecular weight excluding hydrogens is 878 g/mol. The second kappa shape index (κ2) is 13.1. The van der Waals surface area contributed by atoms with Crippen molar-refractivity contribution in [1.29, 1.82) is 0 Å². The van der Waals surface area contributed by atoms with Gasteiger partial charge >= 0.3 is 21.1 Å². The van der Waals surface area contributed by atoms with Crippen molar-refractivity contribution in [3.8, 4) is 5.69 Å². The molecule has 0 amide bonds. The van der Waals surface area contributed by atoms with E-state index in [1.165, 1.54) is 49.7 Å². The molecule has 0 saturated heterocycles. The van der Waals surface area contributed by atoms with Gasteiger partial charge in [0.05, 0.1) is 0 Å². The first kappa shape index (κ1) is 37.3. The second-order valence-corrected chi connectivity index (χ2v) is 17.7. The predicted molar refractivity (Wildman–Crippen MR) is 233 cm³/mol. The van der Waals surface area contributed by atoms with Crippen LogP contribution in [0.1, 0.15) is 74.9 Å². The van der Waals surface area contributed by atoms with Crippen molar-refractivity contribution in [2.75, 3.05) is 28.8 Å². The van der Waals surface area contributed by atoms with E-state index in [0.717, 1.165) is 33.9 Å². The molecule has 6 aromatic carbocycles. The molecule has 0 bridgehead atoms. The zero-order chi connectivity index (χ0) is 38.7. The Labute approximate surface area is 352 Å². The first-order chi connectivity index (χ1) is 26.8. The smallest absolute Gasteiger partial charge is 0.510 e. The van der Waals surface area contributed by atoms with Crippen molar-refractivity contribution in [3.05, 3.63) is 187 Å². The van der Waals surface area contributed by atoms with Gasteiger partial charge in [-0.2, -0.15) is 37.1 Å². The van der Waals surface area contributed by atoms with E-state index < -0.39 is 5.41 Å². The van der Waals surface area contributed by atoms with E-state index in [-0.39, 0.29) is 31.9 Å². The molecule has 0 radical (unpaired) electrons. The van der Waals surface area contributed by atoms with Crippen LogP contribution in [0.15, 0.2) is 128 Å². The summed E-state index contributed by atoms with van der Waals surface area (Å²) in [5.74, 6) is 0. The summed E-state index contributed by atoms with van der Waals surface area (Å²) in [5, 5.41) is 2.52. The first-order valence-corrected chi connectivity index (χ1v) is 19.6. The molecular formula is C51H47N5Pt. The van der Waals surface area contributed by atoms with E-state index >= 15 is 0 Å². The minimum atomic E-state index is -0.778. The number of anilines is 4. The van der Waals surface area contributed by atoms with Gasteiger partial charge in [0.2, 0.25) is 0 Å². The van der Waals surface area contributed by atoms with Gasteiger partial charge in [-0.25, -0.2) is 0 Å². The van der Waals surface area contributed by atoms with Gasteiger partial charge in [-0.15, -0.1) is 40.7 Å². The number of rotatable bonds is 4. The van der Waals surface area contributed by atoms with Crippen molar-refractivity contribution in [3.63, 3.8) is 0 Å². The molecule has 6 heteroatoms. The Kier molecular flexibility index (Phi) is 8.61. The summed E-state index contributed by atoms with van der Waals surface area (Å²) in [7, 11) is 4.19. The van der Waals surface area contributed by atoms with E-state index in [0.29, 0.717) is 0 Å². The maximum atomic E-state index is 4.17. The Hall–Kier alpha value is -5.25. The fourth-order valence-electron chi connectivity index (χ4n) is 9.11. The molecule has 57 heavy (non-hydrogen) atoms. The van der Waals surface area contributed by atoms with Gasteiger partial charge < -0.3 is 24.2 Å². The molecule has 286 valence electrons. The second-order valence-electron chi connectivity index (χ2n) is 17.7. The summed E-state index contributed by atoms with van der Waals surface area (Å²) in [5.41, 5.74) is 14.2. The zero-order valence-electron chi connectivity index (χ0n) is 33.8. The molecule has 10 rings (SSSR count). The number of benzene rings is 6. The number of fused-ring (bicyclic) bond motifs is 6. The van der Waals surface area contributed by atoms with Crippen LogP contribution in [0.25, 0.3) is 27.5 Å². The van der Waals surface area contributed by atoms with Crippen LogP contribution in [0.3, 0.4) is 0 Å². The molecule has 4 heterocycles. The van der Waals surface area contributed by atoms with Gasteiger partial charge in [-0.05, 0) is 78.3 Å². The number of hydrogen-bond acceptors (Lipinski definition) is 4. The molecule has 0 N–H and O–H groups in total. The van der Waals surface area contributed by atoms with Crippen molar-refractivity contribution in [2.24, 2.45) is 0 Å². The quantitative estimate of drug-likeness (QED) is 0.164. The van der Waals surface area contributed by atoms with E-state index in [4.69, 9.17) is 0 Å². The summed E-state index contributed by atoms with van der Waals surface area (Å²) < 4.78 is 2.51. The fourth-order valence-corrected chi connectivity index (χ4v) is 9.11. The average Bonchev–Trinajstić information content (AvgIpc) is 3.88. The number of para-hydroxylation sites is 3. The molecule has 0 saturated carbocycles. The van der Waals surface area contributed by atoms with Crippen LogP contribution in [0, 0.1) is 25.5 Å². The normalized spacial score (nSPS) is 17.4. The minimum absolute atomic E-state index is 0. The van der Waals surface area contributed by atoms with Gasteiger partial charge in [0.25, 0.3) is 0 Å². The van der Waals surface area contributed by atoms with Crippen molar-refractivity contribution in [2.45, 2.75) is 57.8 Å². The number of aromatic nitrogens is 1. The van der Waals surface area contributed by atoms with E-state index in [1.807, 2.05) is 0 Å². The predicted octanol–water partition coefficient (Wildman–Crippen LogP) is 11.7.